The lowest BCUT2D eigenvalue weighted by Crippen LogP contribution is -2.35. The molecule has 0 radical (unpaired) electrons. The van der Waals surface area contributed by atoms with Crippen LogP contribution >= 0.6 is 0 Å². The highest BCUT2D eigenvalue weighted by molar-refractivity contribution is 5.91. The summed E-state index contributed by atoms with van der Waals surface area (Å²) < 4.78 is 5.50. The molecule has 0 unspecified atom stereocenters. The van der Waals surface area contributed by atoms with Gasteiger partial charge in [-0.1, -0.05) is 30.3 Å². The number of rotatable bonds is 4. The molecule has 0 N–H and O–H groups in total. The van der Waals surface area contributed by atoms with Gasteiger partial charge >= 0.3 is 5.97 Å². The first kappa shape index (κ1) is 16.1. The van der Waals surface area contributed by atoms with E-state index in [4.69, 9.17) is 4.74 Å². The second-order valence-electron chi connectivity index (χ2n) is 5.77. The number of hydrogen-bond acceptors (Lipinski definition) is 5. The zero-order valence-corrected chi connectivity index (χ0v) is 13.5. The van der Waals surface area contributed by atoms with Gasteiger partial charge in [0.25, 0.3) is 5.91 Å². The Morgan fingerprint density at radius 2 is 1.79 bits per heavy atom. The Morgan fingerprint density at radius 3 is 2.42 bits per heavy atom. The molecule has 1 fully saturated rings. The molecule has 2 heterocycles. The zero-order chi connectivity index (χ0) is 16.9. The lowest BCUT2D eigenvalue weighted by molar-refractivity contribution is -0.140. The third-order valence-corrected chi connectivity index (χ3v) is 3.96. The third-order valence-electron chi connectivity index (χ3n) is 3.96. The van der Waals surface area contributed by atoms with Crippen LogP contribution in [0.1, 0.15) is 40.7 Å². The predicted molar refractivity (Wildman–Crippen MR) is 87.2 cm³/mol. The van der Waals surface area contributed by atoms with Crippen molar-refractivity contribution >= 4 is 11.9 Å². The van der Waals surface area contributed by atoms with Crippen LogP contribution in [0.5, 0.6) is 0 Å². The van der Waals surface area contributed by atoms with Crippen molar-refractivity contribution in [1.82, 2.24) is 14.9 Å². The molecule has 1 aliphatic heterocycles. The second kappa shape index (κ2) is 7.21. The van der Waals surface area contributed by atoms with Crippen LogP contribution in [0.25, 0.3) is 0 Å². The van der Waals surface area contributed by atoms with Crippen molar-refractivity contribution < 1.29 is 14.3 Å². The molecule has 6 heteroatoms. The number of carbonyl (C=O) groups excluding carboxylic acids is 2. The fourth-order valence-corrected chi connectivity index (χ4v) is 2.66. The van der Waals surface area contributed by atoms with E-state index in [-0.39, 0.29) is 11.6 Å². The first-order chi connectivity index (χ1) is 11.6. The van der Waals surface area contributed by atoms with Gasteiger partial charge in [-0.15, -0.1) is 0 Å². The van der Waals surface area contributed by atoms with Gasteiger partial charge in [-0.3, -0.25) is 9.78 Å². The molecule has 124 valence electrons. The Morgan fingerprint density at radius 1 is 1.08 bits per heavy atom. The molecule has 24 heavy (non-hydrogen) atoms. The van der Waals surface area contributed by atoms with E-state index in [0.29, 0.717) is 24.3 Å². The van der Waals surface area contributed by atoms with Crippen LogP contribution in [0.3, 0.4) is 0 Å². The largest absolute Gasteiger partial charge is 0.443 e. The minimum atomic E-state index is -0.958. The van der Waals surface area contributed by atoms with Crippen molar-refractivity contribution in [2.45, 2.75) is 25.9 Å². The number of likely N-dealkylation sites (tertiary alicyclic amines) is 1. The van der Waals surface area contributed by atoms with Crippen molar-refractivity contribution in [3.63, 3.8) is 0 Å². The molecule has 0 spiro atoms. The summed E-state index contributed by atoms with van der Waals surface area (Å²) in [6, 6.07) is 9.06. The quantitative estimate of drug-likeness (QED) is 0.807. The molecule has 6 nitrogen and oxygen atoms in total. The molecule has 0 aliphatic carbocycles. The Balaban J connectivity index is 1.83. The van der Waals surface area contributed by atoms with Crippen molar-refractivity contribution in [1.29, 1.82) is 0 Å². The maximum Gasteiger partial charge on any atom is 0.359 e. The molecule has 1 saturated heterocycles. The van der Waals surface area contributed by atoms with Crippen LogP contribution in [0.2, 0.25) is 0 Å². The highest BCUT2D eigenvalue weighted by Crippen LogP contribution is 2.23. The van der Waals surface area contributed by atoms with E-state index in [1.54, 1.807) is 24.0 Å². The van der Waals surface area contributed by atoms with E-state index in [1.807, 2.05) is 18.2 Å². The molecular formula is C18H19N3O3. The molecule has 3 rings (SSSR count). The molecule has 1 aromatic carbocycles. The Kier molecular flexibility index (Phi) is 4.84. The Hall–Kier alpha value is -2.76. The van der Waals surface area contributed by atoms with Crippen LogP contribution in [0.4, 0.5) is 0 Å². The van der Waals surface area contributed by atoms with Crippen LogP contribution in [0, 0.1) is 6.92 Å². The summed E-state index contributed by atoms with van der Waals surface area (Å²) in [5.41, 5.74) is 1.46. The van der Waals surface area contributed by atoms with E-state index < -0.39 is 12.1 Å². The van der Waals surface area contributed by atoms with Crippen LogP contribution < -0.4 is 0 Å². The summed E-state index contributed by atoms with van der Waals surface area (Å²) in [5.74, 6) is -0.837. The minimum absolute atomic E-state index is 0.0933. The number of aromatic nitrogens is 2. The van der Waals surface area contributed by atoms with Crippen molar-refractivity contribution in [2.24, 2.45) is 0 Å². The van der Waals surface area contributed by atoms with Crippen LogP contribution in [0.15, 0.2) is 42.7 Å². The van der Waals surface area contributed by atoms with Gasteiger partial charge in [0, 0.05) is 24.8 Å². The number of amides is 1. The first-order valence-electron chi connectivity index (χ1n) is 7.98. The van der Waals surface area contributed by atoms with Crippen molar-refractivity contribution in [3.05, 3.63) is 59.7 Å². The van der Waals surface area contributed by atoms with Crippen LogP contribution in [-0.2, 0) is 9.53 Å². The van der Waals surface area contributed by atoms with E-state index in [2.05, 4.69) is 9.97 Å². The molecule has 1 atom stereocenters. The minimum Gasteiger partial charge on any atom is -0.443 e. The summed E-state index contributed by atoms with van der Waals surface area (Å²) in [7, 11) is 0. The average Bonchev–Trinajstić information content (AvgIpc) is 3.15. The topological polar surface area (TPSA) is 72.4 Å². The fraction of sp³-hybridized carbons (Fsp3) is 0.333. The van der Waals surface area contributed by atoms with Gasteiger partial charge in [0.1, 0.15) is 0 Å². The number of hydrogen-bond donors (Lipinski definition) is 0. The normalized spacial score (nSPS) is 15.1. The second-order valence-corrected chi connectivity index (χ2v) is 5.77. The fourth-order valence-electron chi connectivity index (χ4n) is 2.66. The number of nitrogens with zero attached hydrogens (tertiary/aromatic N) is 3. The number of esters is 1. The summed E-state index contributed by atoms with van der Waals surface area (Å²) in [4.78, 5) is 34.9. The van der Waals surface area contributed by atoms with Gasteiger partial charge in [-0.05, 0) is 19.8 Å². The van der Waals surface area contributed by atoms with Gasteiger partial charge in [0.05, 0.1) is 11.9 Å². The highest BCUT2D eigenvalue weighted by Gasteiger charge is 2.31. The Labute approximate surface area is 140 Å². The number of benzene rings is 1. The summed E-state index contributed by atoms with van der Waals surface area (Å²) in [5, 5.41) is 0. The lowest BCUT2D eigenvalue weighted by atomic mass is 10.1. The van der Waals surface area contributed by atoms with E-state index in [1.165, 1.54) is 12.4 Å². The summed E-state index contributed by atoms with van der Waals surface area (Å²) in [6.45, 7) is 3.18. The van der Waals surface area contributed by atoms with Crippen molar-refractivity contribution in [2.75, 3.05) is 13.1 Å². The number of carbonyl (C=O) groups is 2. The lowest BCUT2D eigenvalue weighted by Gasteiger charge is -2.23. The highest BCUT2D eigenvalue weighted by atomic mass is 16.5. The number of aryl methyl sites for hydroxylation is 1. The van der Waals surface area contributed by atoms with Gasteiger partial charge in [-0.25, -0.2) is 9.78 Å². The summed E-state index contributed by atoms with van der Waals surface area (Å²) in [6.07, 6.45) is 3.85. The van der Waals surface area contributed by atoms with Gasteiger partial charge in [0.2, 0.25) is 6.10 Å². The molecule has 2 aromatic rings. The molecule has 1 amide bonds. The maximum atomic E-state index is 12.8. The third kappa shape index (κ3) is 3.59. The molecule has 1 aliphatic rings. The Bertz CT molecular complexity index is 710. The molecule has 1 aromatic heterocycles. The standard InChI is InChI=1S/C18H19N3O3/c1-13-11-20-15(12-19-13)18(23)24-16(14-7-3-2-4-8-14)17(22)21-9-5-6-10-21/h2-4,7-8,11-12,16H,5-6,9-10H2,1H3/t16-/m1/s1. The maximum absolute atomic E-state index is 12.8. The first-order valence-corrected chi connectivity index (χ1v) is 7.98. The van der Waals surface area contributed by atoms with Gasteiger partial charge in [-0.2, -0.15) is 0 Å². The molecular weight excluding hydrogens is 306 g/mol. The summed E-state index contributed by atoms with van der Waals surface area (Å²) >= 11 is 0. The molecule has 0 bridgehead atoms. The molecule has 0 saturated carbocycles. The van der Waals surface area contributed by atoms with E-state index in [0.717, 1.165) is 12.8 Å². The SMILES string of the molecule is Cc1cnc(C(=O)O[C@@H](C(=O)N2CCCC2)c2ccccc2)cn1. The van der Waals surface area contributed by atoms with E-state index in [9.17, 15) is 9.59 Å². The predicted octanol–water partition coefficient (Wildman–Crippen LogP) is 2.31. The smallest absolute Gasteiger partial charge is 0.359 e. The monoisotopic (exact) mass is 325 g/mol. The van der Waals surface area contributed by atoms with Crippen molar-refractivity contribution in [3.8, 4) is 0 Å². The van der Waals surface area contributed by atoms with Gasteiger partial charge in [0.15, 0.2) is 5.69 Å². The number of ether oxygens (including phenoxy) is 1. The van der Waals surface area contributed by atoms with Gasteiger partial charge < -0.3 is 9.64 Å². The van der Waals surface area contributed by atoms with E-state index >= 15 is 0 Å². The average molecular weight is 325 g/mol. The zero-order valence-electron chi connectivity index (χ0n) is 13.5. The van der Waals surface area contributed by atoms with Crippen LogP contribution in [-0.4, -0.2) is 39.8 Å².